The number of anilines is 1. The quantitative estimate of drug-likeness (QED) is 0.543. The van der Waals surface area contributed by atoms with Crippen molar-refractivity contribution in [2.24, 2.45) is 5.41 Å². The first-order valence-corrected chi connectivity index (χ1v) is 12.4. The lowest BCUT2D eigenvalue weighted by molar-refractivity contribution is -0.124. The van der Waals surface area contributed by atoms with Crippen LogP contribution in [0.15, 0.2) is 18.2 Å². The van der Waals surface area contributed by atoms with Crippen LogP contribution in [-0.2, 0) is 15.0 Å². The lowest BCUT2D eigenvalue weighted by atomic mass is 9.57. The Bertz CT molecular complexity index is 930. The molecule has 7 heteroatoms. The van der Waals surface area contributed by atoms with Gasteiger partial charge in [0.05, 0.1) is 17.6 Å². The molecular weight excluding hydrogens is 426 g/mol. The van der Waals surface area contributed by atoms with Crippen LogP contribution >= 0.6 is 11.6 Å². The highest BCUT2D eigenvalue weighted by Crippen LogP contribution is 2.58. The predicted molar refractivity (Wildman–Crippen MR) is 125 cm³/mol. The van der Waals surface area contributed by atoms with Gasteiger partial charge in [-0.1, -0.05) is 31.5 Å². The van der Waals surface area contributed by atoms with Gasteiger partial charge >= 0.3 is 0 Å². The fraction of sp³-hybridized carbons (Fsp3) is 0.680. The number of fused-ring (bicyclic) bond motifs is 3. The molecule has 2 amide bonds. The van der Waals surface area contributed by atoms with Crippen molar-refractivity contribution in [1.29, 1.82) is 0 Å². The molecule has 4 N–H and O–H groups in total. The van der Waals surface area contributed by atoms with Crippen molar-refractivity contribution in [3.05, 3.63) is 28.8 Å². The molecule has 5 rings (SSSR count). The molecular formula is C25H34ClN3O3. The Morgan fingerprint density at radius 2 is 1.81 bits per heavy atom. The van der Waals surface area contributed by atoms with Gasteiger partial charge in [0.25, 0.3) is 0 Å². The summed E-state index contributed by atoms with van der Waals surface area (Å²) in [6.07, 6.45) is 6.97. The van der Waals surface area contributed by atoms with E-state index in [9.17, 15) is 14.7 Å². The molecule has 2 aliphatic heterocycles. The molecule has 3 fully saturated rings. The second-order valence-electron chi connectivity index (χ2n) is 11.2. The molecule has 1 aromatic rings. The fourth-order valence-corrected chi connectivity index (χ4v) is 6.81. The van der Waals surface area contributed by atoms with Crippen LogP contribution in [0.1, 0.15) is 77.2 Å². The topological polar surface area (TPSA) is 90.5 Å². The van der Waals surface area contributed by atoms with Gasteiger partial charge in [0.1, 0.15) is 0 Å². The van der Waals surface area contributed by atoms with Gasteiger partial charge in [-0.2, -0.15) is 0 Å². The van der Waals surface area contributed by atoms with Gasteiger partial charge in [0.2, 0.25) is 11.8 Å². The number of hydrogen-bond donors (Lipinski definition) is 4. The third-order valence-electron chi connectivity index (χ3n) is 8.67. The van der Waals surface area contributed by atoms with E-state index in [1.165, 1.54) is 0 Å². The minimum absolute atomic E-state index is 0.0157. The van der Waals surface area contributed by atoms with Crippen molar-refractivity contribution < 1.29 is 14.7 Å². The summed E-state index contributed by atoms with van der Waals surface area (Å²) in [6, 6.07) is 5.32. The van der Waals surface area contributed by atoms with E-state index in [1.54, 1.807) is 0 Å². The van der Waals surface area contributed by atoms with Crippen molar-refractivity contribution >= 4 is 29.1 Å². The zero-order chi connectivity index (χ0) is 22.7. The van der Waals surface area contributed by atoms with E-state index >= 15 is 0 Å². The van der Waals surface area contributed by atoms with E-state index in [0.717, 1.165) is 62.6 Å². The van der Waals surface area contributed by atoms with Gasteiger partial charge in [-0.3, -0.25) is 14.9 Å². The van der Waals surface area contributed by atoms with Gasteiger partial charge in [-0.15, -0.1) is 0 Å². The summed E-state index contributed by atoms with van der Waals surface area (Å²) in [7, 11) is 0. The first-order valence-electron chi connectivity index (χ1n) is 12.0. The normalized spacial score (nSPS) is 35.0. The zero-order valence-corrected chi connectivity index (χ0v) is 19.7. The second kappa shape index (κ2) is 7.71. The molecule has 2 aliphatic carbocycles. The Morgan fingerprint density at radius 1 is 1.12 bits per heavy atom. The molecule has 2 saturated carbocycles. The summed E-state index contributed by atoms with van der Waals surface area (Å²) in [5.74, 6) is -0.0410. The monoisotopic (exact) mass is 459 g/mol. The van der Waals surface area contributed by atoms with Crippen molar-refractivity contribution in [3.63, 3.8) is 0 Å². The number of amides is 2. The second-order valence-corrected chi connectivity index (χ2v) is 11.6. The third-order valence-corrected chi connectivity index (χ3v) is 8.91. The summed E-state index contributed by atoms with van der Waals surface area (Å²) < 4.78 is 0. The summed E-state index contributed by atoms with van der Waals surface area (Å²) in [5, 5.41) is 20.4. The molecule has 2 heterocycles. The van der Waals surface area contributed by atoms with Crippen LogP contribution < -0.4 is 16.0 Å². The highest BCUT2D eigenvalue weighted by atomic mass is 35.5. The standard InChI is InChI=1S/C25H34ClN3O3/c1-23(2)9-11-24(12-10-23)25(18-8-3-15(26)13-19(18)28-22(25)32)14-20(29-24)21(31)27-16-4-6-17(30)7-5-16/h3,8,13,16-17,20,29-30H,4-7,9-12,14H2,1-2H3,(H,27,31)(H,28,32)/t16-,17-,20?,25?. The van der Waals surface area contributed by atoms with Crippen molar-refractivity contribution in [3.8, 4) is 0 Å². The predicted octanol–water partition coefficient (Wildman–Crippen LogP) is 3.65. The average molecular weight is 460 g/mol. The minimum atomic E-state index is -0.770. The molecule has 0 aromatic heterocycles. The molecule has 1 aromatic carbocycles. The maximum atomic E-state index is 13.6. The minimum Gasteiger partial charge on any atom is -0.393 e. The third kappa shape index (κ3) is 3.46. The van der Waals surface area contributed by atoms with Gasteiger partial charge < -0.3 is 15.7 Å². The van der Waals surface area contributed by atoms with E-state index in [0.29, 0.717) is 11.4 Å². The maximum Gasteiger partial charge on any atom is 0.237 e. The number of carbonyl (C=O) groups is 2. The van der Waals surface area contributed by atoms with Crippen molar-refractivity contribution in [2.45, 2.75) is 101 Å². The summed E-state index contributed by atoms with van der Waals surface area (Å²) in [5.41, 5.74) is 0.756. The summed E-state index contributed by atoms with van der Waals surface area (Å²) in [4.78, 5) is 27.0. The number of carbonyl (C=O) groups excluding carboxylic acids is 2. The van der Waals surface area contributed by atoms with E-state index in [-0.39, 0.29) is 29.4 Å². The molecule has 0 bridgehead atoms. The summed E-state index contributed by atoms with van der Waals surface area (Å²) in [6.45, 7) is 4.57. The van der Waals surface area contributed by atoms with Crippen molar-refractivity contribution in [2.75, 3.05) is 5.32 Å². The lowest BCUT2D eigenvalue weighted by Crippen LogP contribution is -2.61. The molecule has 1 saturated heterocycles. The highest BCUT2D eigenvalue weighted by molar-refractivity contribution is 6.31. The first kappa shape index (κ1) is 22.2. The van der Waals surface area contributed by atoms with Crippen LogP contribution in [-0.4, -0.2) is 40.6 Å². The van der Waals surface area contributed by atoms with Crippen LogP contribution in [0, 0.1) is 5.41 Å². The van der Waals surface area contributed by atoms with E-state index in [2.05, 4.69) is 29.8 Å². The Morgan fingerprint density at radius 3 is 2.50 bits per heavy atom. The smallest absolute Gasteiger partial charge is 0.237 e. The number of rotatable bonds is 2. The number of halogens is 1. The molecule has 174 valence electrons. The van der Waals surface area contributed by atoms with Crippen LogP contribution in [0.3, 0.4) is 0 Å². The van der Waals surface area contributed by atoms with Gasteiger partial charge in [0.15, 0.2) is 0 Å². The van der Waals surface area contributed by atoms with Crippen molar-refractivity contribution in [1.82, 2.24) is 10.6 Å². The number of aliphatic hydroxyl groups is 1. The maximum absolute atomic E-state index is 13.6. The van der Waals surface area contributed by atoms with Crippen LogP contribution in [0.25, 0.3) is 0 Å². The molecule has 6 nitrogen and oxygen atoms in total. The fourth-order valence-electron chi connectivity index (χ4n) is 6.64. The Labute approximate surface area is 194 Å². The molecule has 4 aliphatic rings. The highest BCUT2D eigenvalue weighted by Gasteiger charge is 2.67. The van der Waals surface area contributed by atoms with Crippen LogP contribution in [0.5, 0.6) is 0 Å². The van der Waals surface area contributed by atoms with Gasteiger partial charge in [-0.25, -0.2) is 0 Å². The zero-order valence-electron chi connectivity index (χ0n) is 19.0. The molecule has 2 spiro atoms. The molecule has 2 atom stereocenters. The largest absolute Gasteiger partial charge is 0.393 e. The number of nitrogens with one attached hydrogen (secondary N) is 3. The first-order chi connectivity index (χ1) is 15.1. The molecule has 0 radical (unpaired) electrons. The number of aliphatic hydroxyl groups excluding tert-OH is 1. The number of hydrogen-bond acceptors (Lipinski definition) is 4. The van der Waals surface area contributed by atoms with E-state index in [4.69, 9.17) is 11.6 Å². The SMILES string of the molecule is CC1(C)CCC2(CC1)NC(C(=O)N[C@H]1CC[C@H](O)CC1)CC21C(=O)Nc2cc(Cl)ccc21. The lowest BCUT2D eigenvalue weighted by Gasteiger charge is -2.49. The van der Waals surface area contributed by atoms with Gasteiger partial charge in [0, 0.05) is 22.3 Å². The molecule has 2 unspecified atom stereocenters. The Hall–Kier alpha value is -1.63. The van der Waals surface area contributed by atoms with E-state index < -0.39 is 17.0 Å². The van der Waals surface area contributed by atoms with Gasteiger partial charge in [-0.05, 0) is 80.9 Å². The summed E-state index contributed by atoms with van der Waals surface area (Å²) >= 11 is 6.23. The number of benzene rings is 1. The molecule has 32 heavy (non-hydrogen) atoms. The average Bonchev–Trinajstić information content (AvgIpc) is 3.22. The van der Waals surface area contributed by atoms with Crippen LogP contribution in [0.2, 0.25) is 5.02 Å². The Kier molecular flexibility index (Phi) is 5.34. The van der Waals surface area contributed by atoms with Crippen LogP contribution in [0.4, 0.5) is 5.69 Å². The Balaban J connectivity index is 1.47. The van der Waals surface area contributed by atoms with E-state index in [1.807, 2.05) is 18.2 Å².